The van der Waals surface area contributed by atoms with Gasteiger partial charge < -0.3 is 35.8 Å². The topological polar surface area (TPSA) is 147 Å². The van der Waals surface area contributed by atoms with Gasteiger partial charge in [0.1, 0.15) is 5.75 Å². The first kappa shape index (κ1) is 48.9. The van der Waals surface area contributed by atoms with Gasteiger partial charge in [-0.2, -0.15) is 0 Å². The van der Waals surface area contributed by atoms with Gasteiger partial charge in [-0.1, -0.05) is 98.2 Å². The third-order valence-corrected chi connectivity index (χ3v) is 18.8. The third kappa shape index (κ3) is 9.56. The maximum absolute atomic E-state index is 14.5. The Morgan fingerprint density at radius 2 is 1.81 bits per heavy atom. The van der Waals surface area contributed by atoms with Gasteiger partial charge in [0, 0.05) is 48.3 Å². The zero-order chi connectivity index (χ0) is 49.6. The Balaban J connectivity index is 1.08. The third-order valence-electron chi connectivity index (χ3n) is 18.8. The van der Waals surface area contributed by atoms with Crippen LogP contribution in [0.2, 0.25) is 0 Å². The van der Waals surface area contributed by atoms with Gasteiger partial charge in [-0.15, -0.1) is 0 Å². The van der Waals surface area contributed by atoms with Crippen LogP contribution >= 0.6 is 0 Å². The van der Waals surface area contributed by atoms with Gasteiger partial charge in [-0.3, -0.25) is 4.79 Å². The normalized spacial score (nSPS) is 30.6. The molecule has 11 rings (SSSR count). The number of aliphatic hydroxyl groups is 1. The van der Waals surface area contributed by atoms with E-state index in [0.717, 1.165) is 117 Å². The summed E-state index contributed by atoms with van der Waals surface area (Å²) >= 11 is 0. The number of aryl methyl sites for hydroxylation is 1. The monoisotopic (exact) mass is 972 g/mol. The molecule has 0 aromatic heterocycles. The van der Waals surface area contributed by atoms with Gasteiger partial charge in [-0.05, 0) is 177 Å². The van der Waals surface area contributed by atoms with Crippen LogP contribution in [-0.4, -0.2) is 59.5 Å². The number of carbonyl (C=O) groups is 1. The number of guanidine groups is 1. The highest BCUT2D eigenvalue weighted by Crippen LogP contribution is 2.60. The molecule has 3 fully saturated rings. The molecule has 0 saturated heterocycles. The first-order valence-corrected chi connectivity index (χ1v) is 27.8. The van der Waals surface area contributed by atoms with Crippen LogP contribution in [0, 0.1) is 46.8 Å². The molecule has 6 N–H and O–H groups in total. The van der Waals surface area contributed by atoms with E-state index in [1.54, 1.807) is 7.11 Å². The lowest BCUT2D eigenvalue weighted by Gasteiger charge is -2.49. The Bertz CT molecular complexity index is 2730. The number of fused-ring (bicyclic) bond motifs is 12. The largest absolute Gasteiger partial charge is 0.508 e. The number of ketones is 1. The first-order valence-electron chi connectivity index (χ1n) is 27.8. The summed E-state index contributed by atoms with van der Waals surface area (Å²) < 4.78 is 13.2. The molecule has 0 amide bonds. The molecule has 3 aromatic rings. The highest BCUT2D eigenvalue weighted by atomic mass is 16.5. The van der Waals surface area contributed by atoms with Crippen molar-refractivity contribution < 1.29 is 29.6 Å². The second-order valence-electron chi connectivity index (χ2n) is 23.5. The van der Waals surface area contributed by atoms with E-state index in [1.165, 1.54) is 23.1 Å². The molecule has 3 saturated carbocycles. The highest BCUT2D eigenvalue weighted by molar-refractivity contribution is 5.95. The number of phenolic OH excluding ortho intramolecular Hbond substituents is 2. The van der Waals surface area contributed by atoms with Gasteiger partial charge in [0.15, 0.2) is 23.2 Å². The number of benzene rings is 3. The zero-order valence-corrected chi connectivity index (χ0v) is 42.8. The number of nitrogens with two attached hydrogens (primary N) is 1. The average Bonchev–Trinajstić information content (AvgIpc) is 3.90. The summed E-state index contributed by atoms with van der Waals surface area (Å²) in [6.07, 6.45) is 26.3. The maximum atomic E-state index is 14.5. The summed E-state index contributed by atoms with van der Waals surface area (Å²) in [4.78, 5) is 19.9. The van der Waals surface area contributed by atoms with Gasteiger partial charge >= 0.3 is 0 Å². The number of aliphatic hydroxyl groups excluding tert-OH is 1. The summed E-state index contributed by atoms with van der Waals surface area (Å²) in [5.41, 5.74) is 15.9. The minimum Gasteiger partial charge on any atom is -0.508 e. The molecule has 0 radical (unpaired) electrons. The molecule has 9 heteroatoms. The van der Waals surface area contributed by atoms with E-state index in [-0.39, 0.29) is 82.5 Å². The number of hydrogen-bond acceptors (Lipinski definition) is 9. The van der Waals surface area contributed by atoms with Crippen molar-refractivity contribution in [2.24, 2.45) is 45.7 Å². The summed E-state index contributed by atoms with van der Waals surface area (Å²) in [5.74, 6) is 9.23. The molecule has 9 atom stereocenters. The number of hydrogen-bond donors (Lipinski definition) is 5. The molecule has 72 heavy (non-hydrogen) atoms. The lowest BCUT2D eigenvalue weighted by Crippen LogP contribution is -2.50. The minimum atomic E-state index is -0.361. The van der Waals surface area contributed by atoms with Crippen molar-refractivity contribution in [3.63, 3.8) is 0 Å². The predicted molar refractivity (Wildman–Crippen MR) is 284 cm³/mol. The smallest absolute Gasteiger partial charge is 0.189 e. The van der Waals surface area contributed by atoms with Crippen molar-refractivity contribution in [1.82, 2.24) is 5.32 Å². The van der Waals surface area contributed by atoms with Crippen LogP contribution in [0.1, 0.15) is 173 Å². The summed E-state index contributed by atoms with van der Waals surface area (Å²) in [7, 11) is 1.79. The molecule has 0 unspecified atom stereocenters. The van der Waals surface area contributed by atoms with E-state index in [1.807, 2.05) is 18.2 Å². The van der Waals surface area contributed by atoms with Crippen molar-refractivity contribution in [1.29, 1.82) is 0 Å². The molecule has 8 aliphatic rings. The zero-order valence-electron chi connectivity index (χ0n) is 42.8. The van der Waals surface area contributed by atoms with Crippen LogP contribution in [0.25, 0.3) is 0 Å². The maximum Gasteiger partial charge on any atom is 0.189 e. The van der Waals surface area contributed by atoms with Crippen molar-refractivity contribution in [2.75, 3.05) is 20.3 Å². The number of methoxy groups -OCH3 is 1. The second-order valence-corrected chi connectivity index (χ2v) is 23.5. The van der Waals surface area contributed by atoms with Crippen LogP contribution in [0.5, 0.6) is 17.2 Å². The molecule has 7 aliphatic carbocycles. The lowest BCUT2D eigenvalue weighted by molar-refractivity contribution is -0.116. The fraction of sp³-hybridized carbons (Fsp3) is 0.556. The summed E-state index contributed by atoms with van der Waals surface area (Å²) in [5, 5.41) is 39.1. The van der Waals surface area contributed by atoms with Gasteiger partial charge in [-0.25, -0.2) is 4.99 Å². The van der Waals surface area contributed by atoms with Gasteiger partial charge in [0.05, 0.1) is 30.9 Å². The van der Waals surface area contributed by atoms with Crippen molar-refractivity contribution >= 4 is 11.7 Å². The number of phenols is 2. The molecule has 9 nitrogen and oxygen atoms in total. The Morgan fingerprint density at radius 3 is 2.62 bits per heavy atom. The van der Waals surface area contributed by atoms with Gasteiger partial charge in [0.2, 0.25) is 0 Å². The first-order chi connectivity index (χ1) is 35.0. The Hall–Kier alpha value is -5.30. The Morgan fingerprint density at radius 1 is 0.958 bits per heavy atom. The second kappa shape index (κ2) is 20.5. The van der Waals surface area contributed by atoms with Crippen molar-refractivity contribution in [2.45, 2.75) is 165 Å². The quantitative estimate of drug-likeness (QED) is 0.105. The molecular formula is C63H77N3O6. The molecule has 380 valence electrons. The van der Waals surface area contributed by atoms with Crippen LogP contribution in [-0.2, 0) is 27.9 Å². The number of Topliss-reactive ketones (excluding diaryl/α,β-unsaturated/α-hetero) is 1. The van der Waals surface area contributed by atoms with Crippen LogP contribution in [0.4, 0.5) is 0 Å². The number of ether oxygens (including phenoxy) is 2. The fourth-order valence-electron chi connectivity index (χ4n) is 15.3. The standard InChI is InChI=1S/C63H77N3O6/c1-39-26-52-44-29-41(31-49(68)34-44)28-40-12-10-14-47(30-40)63(23-7-3-8-24-63)66-61(64)65-48-15-11-18-51-42(19-20-56(69)43-21-25-62(38-67)22-9-6-13-46(62)32-43)36-57(72-50-16-4-5-17-50)60(70)59(51)58-54(27-39)53(52)35-45(33-48)55(58)37-71-2/h9-10,12,14,22,29-32,34-36,39,45-46,48,50,52,54-55,58,67-68,70H,3-8,13,15-17,19-21,23-28,33,37-38H2,1-2H3,(H3,64,65,66)/t39-,45-,46-,48-,52-,54-,55+,58+,62-/m0/s1. The predicted octanol–water partition coefficient (Wildman–Crippen LogP) is 11.5. The Labute approximate surface area is 427 Å². The number of allylic oxidation sites excluding steroid dienone is 5. The van der Waals surface area contributed by atoms with Crippen LogP contribution in [0.3, 0.4) is 0 Å². The van der Waals surface area contributed by atoms with E-state index >= 15 is 0 Å². The molecule has 3 aromatic carbocycles. The molecule has 1 heterocycles. The molecule has 1 aliphatic heterocycles. The summed E-state index contributed by atoms with van der Waals surface area (Å²) in [6, 6.07) is 17.0. The lowest BCUT2D eigenvalue weighted by atomic mass is 9.55. The van der Waals surface area contributed by atoms with Crippen molar-refractivity contribution in [3.8, 4) is 29.1 Å². The van der Waals surface area contributed by atoms with E-state index < -0.39 is 0 Å². The summed E-state index contributed by atoms with van der Waals surface area (Å²) in [6.45, 7) is 2.93. The number of nitrogens with zero attached hydrogens (tertiary/aromatic N) is 1. The Kier molecular flexibility index (Phi) is 14.0. The number of rotatable bonds is 9. The van der Waals surface area contributed by atoms with Crippen molar-refractivity contribution in [3.05, 3.63) is 123 Å². The van der Waals surface area contributed by atoms with E-state index in [0.29, 0.717) is 62.8 Å². The number of carbonyl (C=O) groups excluding carboxylic acids is 1. The fourth-order valence-corrected chi connectivity index (χ4v) is 15.3. The molecule has 8 bridgehead atoms. The molecular weight excluding hydrogens is 895 g/mol. The van der Waals surface area contributed by atoms with E-state index in [9.17, 15) is 20.1 Å². The van der Waals surface area contributed by atoms with E-state index in [2.05, 4.69) is 78.7 Å². The average molecular weight is 972 g/mol. The number of nitrogens with one attached hydrogen (secondary N) is 1. The van der Waals surface area contributed by atoms with Crippen LogP contribution < -0.4 is 15.8 Å². The number of aromatic hydroxyl groups is 2. The van der Waals surface area contributed by atoms with Gasteiger partial charge in [0.25, 0.3) is 0 Å². The van der Waals surface area contributed by atoms with Crippen LogP contribution in [0.15, 0.2) is 89.0 Å². The van der Waals surface area contributed by atoms with E-state index in [4.69, 9.17) is 20.2 Å². The number of aliphatic imine (C=N–C) groups is 1. The molecule has 1 spiro atoms. The minimum absolute atomic E-state index is 0.000246. The highest BCUT2D eigenvalue weighted by Gasteiger charge is 2.49. The SMILES string of the molecule is COC[C@H]1[C@@H]2c3c(O)c(OC4CCCC4)cc(CCC(=O)C4=C[C@@H]5CCC=C[C@@]5(CO)CC4)c3C#CC[C@H]3C[C@H]1C=C1[C@@H](C[C@H](C)C[C@@H]12)c1cc(O)cc(c1)Cc1cccc(c1)C1(CCCCC1)NC(N)=N3.